The van der Waals surface area contributed by atoms with Gasteiger partial charge in [-0.05, 0) is 18.1 Å². The van der Waals surface area contributed by atoms with Crippen LogP contribution in [0.2, 0.25) is 0 Å². The zero-order valence-corrected chi connectivity index (χ0v) is 14.8. The average Bonchev–Trinajstić information content (AvgIpc) is 2.84. The first-order valence-corrected chi connectivity index (χ1v) is 8.52. The topological polar surface area (TPSA) is 52.6 Å². The average molecular weight is 379 g/mol. The van der Waals surface area contributed by atoms with Crippen molar-refractivity contribution in [2.24, 2.45) is 0 Å². The Kier molecular flexibility index (Phi) is 6.16. The number of rotatable bonds is 6. The lowest BCUT2D eigenvalue weighted by Crippen LogP contribution is -2.06. The van der Waals surface area contributed by atoms with Crippen LogP contribution < -0.4 is 0 Å². The van der Waals surface area contributed by atoms with Crippen molar-refractivity contribution in [3.63, 3.8) is 0 Å². The van der Waals surface area contributed by atoms with E-state index >= 15 is 0 Å². The first kappa shape index (κ1) is 17.5. The highest BCUT2D eigenvalue weighted by Crippen LogP contribution is 2.39. The summed E-state index contributed by atoms with van der Waals surface area (Å²) in [6.07, 6.45) is 2.18. The third-order valence-electron chi connectivity index (χ3n) is 3.60. The first-order valence-electron chi connectivity index (χ1n) is 7.40. The molecular weight excluding hydrogens is 360 g/mol. The summed E-state index contributed by atoms with van der Waals surface area (Å²) in [5.41, 5.74) is 3.44. The van der Waals surface area contributed by atoms with Gasteiger partial charge in [-0.2, -0.15) is 0 Å². The number of halogens is 1. The highest BCUT2D eigenvalue weighted by molar-refractivity contribution is 9.09. The van der Waals surface area contributed by atoms with E-state index in [0.29, 0.717) is 23.9 Å². The molecular formula is C18H19BrO4. The maximum Gasteiger partial charge on any atom is 0.335 e. The van der Waals surface area contributed by atoms with Gasteiger partial charge in [0, 0.05) is 29.8 Å². The summed E-state index contributed by atoms with van der Waals surface area (Å²) >= 11 is 3.48. The Hall–Kier alpha value is -1.88. The van der Waals surface area contributed by atoms with E-state index in [1.54, 1.807) is 6.92 Å². The van der Waals surface area contributed by atoms with Crippen molar-refractivity contribution in [3.8, 4) is 0 Å². The zero-order valence-electron chi connectivity index (χ0n) is 13.2. The summed E-state index contributed by atoms with van der Waals surface area (Å²) in [5.74, 6) is -0.587. The second-order valence-corrected chi connectivity index (χ2v) is 5.79. The number of cyclic esters (lactones) is 1. The number of hydrogen-bond donors (Lipinski definition) is 0. The second-order valence-electron chi connectivity index (χ2n) is 5.23. The first-order chi connectivity index (χ1) is 11.0. The minimum atomic E-state index is -0.388. The monoisotopic (exact) mass is 378 g/mol. The molecule has 0 amide bonds. The van der Waals surface area contributed by atoms with E-state index in [-0.39, 0.29) is 18.0 Å². The van der Waals surface area contributed by atoms with Gasteiger partial charge in [-0.15, -0.1) is 0 Å². The Morgan fingerprint density at radius 1 is 1.35 bits per heavy atom. The lowest BCUT2D eigenvalue weighted by Gasteiger charge is -2.16. The van der Waals surface area contributed by atoms with Crippen molar-refractivity contribution in [1.29, 1.82) is 0 Å². The second kappa shape index (κ2) is 8.11. The van der Waals surface area contributed by atoms with Crippen molar-refractivity contribution in [2.45, 2.75) is 26.4 Å². The molecule has 0 aromatic heterocycles. The third kappa shape index (κ3) is 4.32. The molecule has 23 heavy (non-hydrogen) atoms. The molecule has 1 heterocycles. The van der Waals surface area contributed by atoms with Crippen LogP contribution in [0.15, 0.2) is 53.1 Å². The van der Waals surface area contributed by atoms with Crippen molar-refractivity contribution in [3.05, 3.63) is 58.7 Å². The van der Waals surface area contributed by atoms with E-state index in [2.05, 4.69) is 15.9 Å². The van der Waals surface area contributed by atoms with E-state index in [1.165, 1.54) is 6.92 Å². The molecule has 1 aliphatic rings. The van der Waals surface area contributed by atoms with E-state index < -0.39 is 0 Å². The number of carbonyl (C=O) groups is 2. The number of benzene rings is 1. The van der Waals surface area contributed by atoms with Crippen LogP contribution in [0.3, 0.4) is 0 Å². The SMILES string of the molecule is CC(=O)OCC/C=C(\CBr)C1=C(C)C(=O)O[C@@H]1c1ccccc1. The minimum Gasteiger partial charge on any atom is -0.466 e. The molecule has 1 aliphatic heterocycles. The molecule has 0 spiro atoms. The van der Waals surface area contributed by atoms with Gasteiger partial charge in [0.2, 0.25) is 0 Å². The van der Waals surface area contributed by atoms with Crippen LogP contribution in [0.4, 0.5) is 0 Å². The molecule has 0 bridgehead atoms. The van der Waals surface area contributed by atoms with Gasteiger partial charge in [0.25, 0.3) is 0 Å². The number of ether oxygens (including phenoxy) is 2. The number of hydrogen-bond acceptors (Lipinski definition) is 4. The third-order valence-corrected chi connectivity index (χ3v) is 4.21. The number of alkyl halides is 1. The van der Waals surface area contributed by atoms with Crippen LogP contribution in [0.5, 0.6) is 0 Å². The zero-order chi connectivity index (χ0) is 16.8. The van der Waals surface area contributed by atoms with Crippen molar-refractivity contribution in [1.82, 2.24) is 0 Å². The van der Waals surface area contributed by atoms with Crippen molar-refractivity contribution < 1.29 is 19.1 Å². The highest BCUT2D eigenvalue weighted by atomic mass is 79.9. The molecule has 1 aromatic rings. The molecule has 0 radical (unpaired) electrons. The van der Waals surface area contributed by atoms with Crippen LogP contribution in [0.25, 0.3) is 0 Å². The Morgan fingerprint density at radius 3 is 2.65 bits per heavy atom. The Labute approximate surface area is 144 Å². The standard InChI is InChI=1S/C18H19BrO4/c1-12-16(15(11-19)9-6-10-22-13(2)20)17(23-18(12)21)14-7-4-3-5-8-14/h3-5,7-9,17H,6,10-11H2,1-2H3/b15-9+/t17-/m1/s1. The Bertz CT molecular complexity index is 646. The van der Waals surface area contributed by atoms with Gasteiger partial charge in [-0.3, -0.25) is 4.79 Å². The molecule has 0 fully saturated rings. The molecule has 122 valence electrons. The smallest absolute Gasteiger partial charge is 0.335 e. The van der Waals surface area contributed by atoms with Gasteiger partial charge in [-0.25, -0.2) is 4.79 Å². The molecule has 5 heteroatoms. The molecule has 0 unspecified atom stereocenters. The summed E-state index contributed by atoms with van der Waals surface area (Å²) in [6, 6.07) is 9.67. The molecule has 2 rings (SSSR count). The summed E-state index contributed by atoms with van der Waals surface area (Å²) < 4.78 is 10.5. The van der Waals surface area contributed by atoms with Crippen LogP contribution in [-0.4, -0.2) is 23.9 Å². The molecule has 1 aromatic carbocycles. The highest BCUT2D eigenvalue weighted by Gasteiger charge is 2.34. The summed E-state index contributed by atoms with van der Waals surface area (Å²) in [7, 11) is 0. The van der Waals surface area contributed by atoms with Gasteiger partial charge >= 0.3 is 11.9 Å². The van der Waals surface area contributed by atoms with Gasteiger partial charge in [0.1, 0.15) is 0 Å². The van der Waals surface area contributed by atoms with Crippen molar-refractivity contribution in [2.75, 3.05) is 11.9 Å². The van der Waals surface area contributed by atoms with Crippen LogP contribution >= 0.6 is 15.9 Å². The van der Waals surface area contributed by atoms with Gasteiger partial charge in [-0.1, -0.05) is 52.3 Å². The molecule has 1 atom stereocenters. The molecule has 4 nitrogen and oxygen atoms in total. The van der Waals surface area contributed by atoms with Gasteiger partial charge in [0.05, 0.1) is 6.61 Å². The molecule has 0 saturated carbocycles. The summed E-state index contributed by atoms with van der Waals surface area (Å²) in [5, 5.41) is 0.597. The predicted molar refractivity (Wildman–Crippen MR) is 91.1 cm³/mol. The van der Waals surface area contributed by atoms with Crippen LogP contribution in [0, 0.1) is 0 Å². The Morgan fingerprint density at radius 2 is 2.04 bits per heavy atom. The quantitative estimate of drug-likeness (QED) is 0.428. The fourth-order valence-electron chi connectivity index (χ4n) is 2.51. The Balaban J connectivity index is 2.25. The lowest BCUT2D eigenvalue weighted by molar-refractivity contribution is -0.141. The summed E-state index contributed by atoms with van der Waals surface area (Å²) in [6.45, 7) is 3.49. The molecule has 0 aliphatic carbocycles. The van der Waals surface area contributed by atoms with Crippen LogP contribution in [-0.2, 0) is 19.1 Å². The largest absolute Gasteiger partial charge is 0.466 e. The van der Waals surface area contributed by atoms with Crippen LogP contribution in [0.1, 0.15) is 31.9 Å². The van der Waals surface area contributed by atoms with Crippen molar-refractivity contribution >= 4 is 27.9 Å². The number of esters is 2. The van der Waals surface area contributed by atoms with Gasteiger partial charge in [0.15, 0.2) is 6.10 Å². The predicted octanol–water partition coefficient (Wildman–Crippen LogP) is 3.88. The maximum atomic E-state index is 12.0. The van der Waals surface area contributed by atoms with E-state index in [4.69, 9.17) is 9.47 Å². The normalized spacial score (nSPS) is 18.1. The molecule has 0 N–H and O–H groups in total. The van der Waals surface area contributed by atoms with E-state index in [0.717, 1.165) is 16.7 Å². The fourth-order valence-corrected chi connectivity index (χ4v) is 3.04. The van der Waals surface area contributed by atoms with E-state index in [9.17, 15) is 9.59 Å². The minimum absolute atomic E-state index is 0.291. The molecule has 0 saturated heterocycles. The summed E-state index contributed by atoms with van der Waals surface area (Å²) in [4.78, 5) is 22.8. The fraction of sp³-hybridized carbons (Fsp3) is 0.333. The van der Waals surface area contributed by atoms with Gasteiger partial charge < -0.3 is 9.47 Å². The maximum absolute atomic E-state index is 12.0. The van der Waals surface area contributed by atoms with E-state index in [1.807, 2.05) is 36.4 Å². The lowest BCUT2D eigenvalue weighted by atomic mass is 9.93. The number of carbonyl (C=O) groups excluding carboxylic acids is 2.